The van der Waals surface area contributed by atoms with E-state index in [-0.39, 0.29) is 6.61 Å². The molecule has 0 aromatic heterocycles. The molecule has 0 bridgehead atoms. The number of hydrogen-bond acceptors (Lipinski definition) is 4. The molecule has 0 unspecified atom stereocenters. The van der Waals surface area contributed by atoms with Crippen molar-refractivity contribution in [3.8, 4) is 5.75 Å². The summed E-state index contributed by atoms with van der Waals surface area (Å²) in [6.45, 7) is 0.916. The zero-order chi connectivity index (χ0) is 14.4. The number of carbonyl (C=O) groups excluding carboxylic acids is 1. The summed E-state index contributed by atoms with van der Waals surface area (Å²) >= 11 is 5.94. The van der Waals surface area contributed by atoms with Crippen LogP contribution in [0.1, 0.15) is 5.56 Å². The summed E-state index contributed by atoms with van der Waals surface area (Å²) in [6.07, 6.45) is 0. The van der Waals surface area contributed by atoms with Crippen molar-refractivity contribution in [3.05, 3.63) is 22.7 Å². The largest absolute Gasteiger partial charge is 0.495 e. The maximum absolute atomic E-state index is 11.5. The maximum atomic E-state index is 11.5. The van der Waals surface area contributed by atoms with Crippen LogP contribution in [0.15, 0.2) is 12.1 Å². The second-order valence-corrected chi connectivity index (χ2v) is 4.14. The molecule has 0 fully saturated rings. The fraction of sp³-hybridized carbons (Fsp3) is 0.333. The van der Waals surface area contributed by atoms with E-state index in [1.165, 1.54) is 7.11 Å². The van der Waals surface area contributed by atoms with Gasteiger partial charge in [0, 0.05) is 11.1 Å². The predicted molar refractivity (Wildman–Crippen MR) is 69.8 cm³/mol. The molecule has 1 aromatic carbocycles. The Bertz CT molecular complexity index is 489. The zero-order valence-corrected chi connectivity index (χ0v) is 11.3. The summed E-state index contributed by atoms with van der Waals surface area (Å²) in [7, 11) is 1.46. The average Bonchev–Trinajstić information content (AvgIpc) is 2.33. The molecule has 1 rings (SSSR count). The highest BCUT2D eigenvalue weighted by Crippen LogP contribution is 2.30. The van der Waals surface area contributed by atoms with Crippen molar-refractivity contribution in [1.82, 2.24) is 0 Å². The van der Waals surface area contributed by atoms with E-state index in [1.807, 2.05) is 0 Å². The van der Waals surface area contributed by atoms with Crippen LogP contribution in [0, 0.1) is 6.92 Å². The van der Waals surface area contributed by atoms with E-state index in [9.17, 15) is 9.59 Å². The third-order valence-electron chi connectivity index (χ3n) is 2.21. The van der Waals surface area contributed by atoms with Gasteiger partial charge in [0.1, 0.15) is 19.0 Å². The van der Waals surface area contributed by atoms with Crippen LogP contribution in [-0.2, 0) is 14.3 Å². The van der Waals surface area contributed by atoms with E-state index >= 15 is 0 Å². The third kappa shape index (κ3) is 4.76. The van der Waals surface area contributed by atoms with Crippen LogP contribution in [-0.4, -0.2) is 37.3 Å². The van der Waals surface area contributed by atoms with Gasteiger partial charge >= 0.3 is 5.97 Å². The normalized spacial score (nSPS) is 10.1. The first-order chi connectivity index (χ1) is 8.93. The number of anilines is 1. The fourth-order valence-corrected chi connectivity index (χ4v) is 1.50. The van der Waals surface area contributed by atoms with Gasteiger partial charge in [-0.1, -0.05) is 11.6 Å². The number of nitrogens with one attached hydrogen (secondary N) is 1. The molecule has 0 spiro atoms. The first-order valence-corrected chi connectivity index (χ1v) is 5.75. The minimum atomic E-state index is -1.13. The number of hydrogen-bond donors (Lipinski definition) is 2. The van der Waals surface area contributed by atoms with Gasteiger partial charge in [0.25, 0.3) is 0 Å². The Hall–Kier alpha value is -1.79. The van der Waals surface area contributed by atoms with Gasteiger partial charge in [-0.25, -0.2) is 4.79 Å². The molecule has 104 valence electrons. The summed E-state index contributed by atoms with van der Waals surface area (Å²) in [5.74, 6) is -1.18. The highest BCUT2D eigenvalue weighted by molar-refractivity contribution is 6.31. The second kappa shape index (κ2) is 6.96. The molecule has 7 heteroatoms. The molecule has 0 aliphatic carbocycles. The molecular formula is C12H14ClNO5. The molecule has 0 heterocycles. The van der Waals surface area contributed by atoms with Gasteiger partial charge in [-0.3, -0.25) is 4.79 Å². The Morgan fingerprint density at radius 1 is 1.37 bits per heavy atom. The van der Waals surface area contributed by atoms with Crippen LogP contribution in [0.25, 0.3) is 0 Å². The summed E-state index contributed by atoms with van der Waals surface area (Å²) < 4.78 is 9.77. The van der Waals surface area contributed by atoms with Gasteiger partial charge in [0.05, 0.1) is 12.8 Å². The number of carboxylic acid groups (broad SMARTS) is 1. The number of ether oxygens (including phenoxy) is 2. The van der Waals surface area contributed by atoms with E-state index in [1.54, 1.807) is 19.1 Å². The molecule has 19 heavy (non-hydrogen) atoms. The summed E-state index contributed by atoms with van der Waals surface area (Å²) in [6, 6.07) is 3.25. The summed E-state index contributed by atoms with van der Waals surface area (Å²) in [4.78, 5) is 21.8. The van der Waals surface area contributed by atoms with E-state index in [0.717, 1.165) is 5.56 Å². The minimum Gasteiger partial charge on any atom is -0.495 e. The molecule has 0 radical (unpaired) electrons. The zero-order valence-electron chi connectivity index (χ0n) is 10.5. The molecule has 0 aliphatic rings. The number of aliphatic carboxylic acids is 1. The Morgan fingerprint density at radius 3 is 2.63 bits per heavy atom. The maximum Gasteiger partial charge on any atom is 0.329 e. The van der Waals surface area contributed by atoms with Crippen LogP contribution in [0.2, 0.25) is 5.02 Å². The van der Waals surface area contributed by atoms with E-state index in [4.69, 9.17) is 21.4 Å². The molecule has 1 amide bonds. The number of benzene rings is 1. The number of aryl methyl sites for hydroxylation is 1. The Morgan fingerprint density at radius 2 is 2.05 bits per heavy atom. The quantitative estimate of drug-likeness (QED) is 0.832. The van der Waals surface area contributed by atoms with Gasteiger partial charge < -0.3 is 19.9 Å². The molecule has 2 N–H and O–H groups in total. The van der Waals surface area contributed by atoms with Crippen molar-refractivity contribution >= 4 is 29.2 Å². The first-order valence-electron chi connectivity index (χ1n) is 5.37. The van der Waals surface area contributed by atoms with Crippen LogP contribution in [0.4, 0.5) is 5.69 Å². The highest BCUT2D eigenvalue weighted by atomic mass is 35.5. The van der Waals surface area contributed by atoms with E-state index in [0.29, 0.717) is 16.5 Å². The van der Waals surface area contributed by atoms with Crippen LogP contribution < -0.4 is 10.1 Å². The number of amides is 1. The Balaban J connectivity index is 2.68. The van der Waals surface area contributed by atoms with Crippen LogP contribution >= 0.6 is 11.6 Å². The molecule has 0 saturated heterocycles. The summed E-state index contributed by atoms with van der Waals surface area (Å²) in [5, 5.41) is 11.5. The lowest BCUT2D eigenvalue weighted by Crippen LogP contribution is -2.21. The minimum absolute atomic E-state index is 0.350. The van der Waals surface area contributed by atoms with Crippen LogP contribution in [0.3, 0.4) is 0 Å². The number of methoxy groups -OCH3 is 1. The molecule has 1 aromatic rings. The predicted octanol–water partition coefficient (Wildman–Crippen LogP) is 1.70. The monoisotopic (exact) mass is 287 g/mol. The van der Waals surface area contributed by atoms with Gasteiger partial charge in [-0.2, -0.15) is 0 Å². The number of rotatable bonds is 6. The Labute approximate surface area is 115 Å². The first kappa shape index (κ1) is 15.3. The molecule has 0 atom stereocenters. The van der Waals surface area contributed by atoms with Crippen molar-refractivity contribution in [2.75, 3.05) is 25.6 Å². The van der Waals surface area contributed by atoms with Crippen molar-refractivity contribution < 1.29 is 24.2 Å². The summed E-state index contributed by atoms with van der Waals surface area (Å²) in [5.41, 5.74) is 1.23. The second-order valence-electron chi connectivity index (χ2n) is 3.74. The standard InChI is InChI=1S/C12H14ClNO5/c1-7-3-9(10(18-2)4-8(7)13)14-11(15)5-19-6-12(16)17/h3-4H,5-6H2,1-2H3,(H,14,15)(H,16,17). The molecule has 0 saturated carbocycles. The fourth-order valence-electron chi connectivity index (χ4n) is 1.35. The van der Waals surface area contributed by atoms with Crippen molar-refractivity contribution in [2.45, 2.75) is 6.92 Å². The molecular weight excluding hydrogens is 274 g/mol. The van der Waals surface area contributed by atoms with Crippen molar-refractivity contribution in [2.24, 2.45) is 0 Å². The Kier molecular flexibility index (Phi) is 5.59. The van der Waals surface area contributed by atoms with Crippen LogP contribution in [0.5, 0.6) is 5.75 Å². The van der Waals surface area contributed by atoms with Gasteiger partial charge in [0.15, 0.2) is 0 Å². The number of halogens is 1. The SMILES string of the molecule is COc1cc(Cl)c(C)cc1NC(=O)COCC(=O)O. The van der Waals surface area contributed by atoms with Crippen molar-refractivity contribution in [1.29, 1.82) is 0 Å². The lowest BCUT2D eigenvalue weighted by Gasteiger charge is -2.12. The lowest BCUT2D eigenvalue weighted by atomic mass is 10.2. The highest BCUT2D eigenvalue weighted by Gasteiger charge is 2.11. The van der Waals surface area contributed by atoms with Gasteiger partial charge in [-0.05, 0) is 18.6 Å². The van der Waals surface area contributed by atoms with E-state index in [2.05, 4.69) is 10.1 Å². The lowest BCUT2D eigenvalue weighted by molar-refractivity contribution is -0.143. The smallest absolute Gasteiger partial charge is 0.329 e. The number of carbonyl (C=O) groups is 2. The molecule has 6 nitrogen and oxygen atoms in total. The van der Waals surface area contributed by atoms with E-state index < -0.39 is 18.5 Å². The van der Waals surface area contributed by atoms with Gasteiger partial charge in [0.2, 0.25) is 5.91 Å². The van der Waals surface area contributed by atoms with Crippen molar-refractivity contribution in [3.63, 3.8) is 0 Å². The average molecular weight is 288 g/mol. The number of carboxylic acids is 1. The topological polar surface area (TPSA) is 84.9 Å². The van der Waals surface area contributed by atoms with Gasteiger partial charge in [-0.15, -0.1) is 0 Å². The third-order valence-corrected chi connectivity index (χ3v) is 2.62. The molecule has 0 aliphatic heterocycles.